The van der Waals surface area contributed by atoms with Crippen molar-refractivity contribution in [3.8, 4) is 0 Å². The summed E-state index contributed by atoms with van der Waals surface area (Å²) < 4.78 is 75.7. The van der Waals surface area contributed by atoms with Crippen LogP contribution in [0.4, 0.5) is 17.6 Å². The second-order valence-corrected chi connectivity index (χ2v) is 7.62. The highest BCUT2D eigenvalue weighted by molar-refractivity contribution is 7.90. The van der Waals surface area contributed by atoms with E-state index in [1.807, 2.05) is 4.72 Å². The van der Waals surface area contributed by atoms with Crippen molar-refractivity contribution >= 4 is 27.9 Å². The SMILES string of the molecule is COC(=O)[C@@H](N)Cc1ccc([C@@H]2CC(=O)NS2(=O)=O)c(F)c1.O=C(O)C(F)(F)F. The molecule has 2 atom stereocenters. The van der Waals surface area contributed by atoms with Gasteiger partial charge in [-0.3, -0.25) is 14.3 Å². The number of carbonyl (C=O) groups is 3. The number of nitrogens with one attached hydrogen (secondary N) is 1. The predicted octanol–water partition coefficient (Wildman–Crippen LogP) is 0.393. The molecular weight excluding hydrogens is 428 g/mol. The van der Waals surface area contributed by atoms with Crippen LogP contribution in [0.2, 0.25) is 0 Å². The van der Waals surface area contributed by atoms with Crippen LogP contribution in [0.3, 0.4) is 0 Å². The molecule has 1 saturated heterocycles. The molecule has 1 aromatic carbocycles. The number of rotatable bonds is 4. The molecule has 1 amide bonds. The second kappa shape index (κ2) is 9.17. The minimum absolute atomic E-state index is 0.0540. The summed E-state index contributed by atoms with van der Waals surface area (Å²) in [5.74, 6) is -4.81. The first-order valence-corrected chi connectivity index (χ1v) is 9.20. The summed E-state index contributed by atoms with van der Waals surface area (Å²) in [7, 11) is -2.71. The molecule has 1 aliphatic rings. The first-order valence-electron chi connectivity index (χ1n) is 7.65. The number of amides is 1. The van der Waals surface area contributed by atoms with Gasteiger partial charge < -0.3 is 15.6 Å². The fourth-order valence-corrected chi connectivity index (χ4v) is 3.71. The van der Waals surface area contributed by atoms with Crippen molar-refractivity contribution in [1.82, 2.24) is 4.72 Å². The molecule has 0 spiro atoms. The van der Waals surface area contributed by atoms with Crippen molar-refractivity contribution in [3.05, 3.63) is 35.1 Å². The van der Waals surface area contributed by atoms with E-state index in [9.17, 15) is 35.6 Å². The summed E-state index contributed by atoms with van der Waals surface area (Å²) in [6, 6.07) is 2.93. The number of carbonyl (C=O) groups excluding carboxylic acids is 2. The zero-order chi connectivity index (χ0) is 22.6. The van der Waals surface area contributed by atoms with E-state index in [0.717, 1.165) is 6.07 Å². The minimum atomic E-state index is -5.08. The van der Waals surface area contributed by atoms with Gasteiger partial charge in [0.2, 0.25) is 15.9 Å². The molecule has 2 rings (SSSR count). The lowest BCUT2D eigenvalue weighted by Gasteiger charge is -2.12. The van der Waals surface area contributed by atoms with Crippen LogP contribution in [0.15, 0.2) is 18.2 Å². The number of carboxylic acids is 1. The van der Waals surface area contributed by atoms with Gasteiger partial charge >= 0.3 is 18.1 Å². The highest BCUT2D eigenvalue weighted by Gasteiger charge is 2.39. The topological polar surface area (TPSA) is 153 Å². The molecule has 0 aliphatic carbocycles. The Morgan fingerprint density at radius 2 is 1.93 bits per heavy atom. The van der Waals surface area contributed by atoms with E-state index in [-0.39, 0.29) is 18.4 Å². The summed E-state index contributed by atoms with van der Waals surface area (Å²) in [6.07, 6.45) is -5.35. The highest BCUT2D eigenvalue weighted by atomic mass is 32.2. The third-order valence-electron chi connectivity index (χ3n) is 3.62. The van der Waals surface area contributed by atoms with E-state index in [2.05, 4.69) is 4.74 Å². The molecule has 1 heterocycles. The maximum atomic E-state index is 14.1. The Morgan fingerprint density at radius 3 is 2.31 bits per heavy atom. The summed E-state index contributed by atoms with van der Waals surface area (Å²) in [4.78, 5) is 31.3. The zero-order valence-electron chi connectivity index (χ0n) is 14.7. The number of nitrogens with two attached hydrogens (primary N) is 1. The van der Waals surface area contributed by atoms with Crippen LogP contribution in [0, 0.1) is 5.82 Å². The number of esters is 1. The maximum absolute atomic E-state index is 14.1. The van der Waals surface area contributed by atoms with Crippen LogP contribution in [-0.4, -0.2) is 50.7 Å². The minimum Gasteiger partial charge on any atom is -0.475 e. The van der Waals surface area contributed by atoms with Crippen molar-refractivity contribution in [3.63, 3.8) is 0 Å². The van der Waals surface area contributed by atoms with Crippen LogP contribution in [-0.2, 0) is 35.6 Å². The molecule has 14 heteroatoms. The van der Waals surface area contributed by atoms with Crippen molar-refractivity contribution < 1.29 is 50.2 Å². The Morgan fingerprint density at radius 1 is 1.38 bits per heavy atom. The number of halogens is 4. The normalized spacial score (nSPS) is 18.8. The molecule has 9 nitrogen and oxygen atoms in total. The maximum Gasteiger partial charge on any atom is 0.490 e. The fraction of sp³-hybridized carbons (Fsp3) is 0.400. The van der Waals surface area contributed by atoms with Gasteiger partial charge in [-0.15, -0.1) is 0 Å². The molecule has 29 heavy (non-hydrogen) atoms. The average Bonchev–Trinajstić information content (AvgIpc) is 2.86. The molecule has 4 N–H and O–H groups in total. The number of ether oxygens (including phenoxy) is 1. The lowest BCUT2D eigenvalue weighted by atomic mass is 10.0. The summed E-state index contributed by atoms with van der Waals surface area (Å²) in [5.41, 5.74) is 5.92. The van der Waals surface area contributed by atoms with Crippen LogP contribution in [0.1, 0.15) is 22.8 Å². The standard InChI is InChI=1S/C13H15FN2O5S.C2HF3O2/c1-21-13(18)10(15)5-7-2-3-8(9(14)4-7)11-6-12(17)16-22(11,19)20;3-2(4,5)1(6)7/h2-4,10-11H,5-6,15H2,1H3,(H,16,17);(H,6,7)/t10-,11-;/m0./s1. The van der Waals surface area contributed by atoms with Crippen molar-refractivity contribution in [1.29, 1.82) is 0 Å². The molecule has 0 aromatic heterocycles. The summed E-state index contributed by atoms with van der Waals surface area (Å²) >= 11 is 0. The Kier molecular flexibility index (Phi) is 7.68. The summed E-state index contributed by atoms with van der Waals surface area (Å²) in [5, 5.41) is 5.88. The van der Waals surface area contributed by atoms with Gasteiger partial charge in [-0.25, -0.2) is 17.6 Å². The number of sulfonamides is 1. The Balaban J connectivity index is 0.000000516. The second-order valence-electron chi connectivity index (χ2n) is 5.76. The third-order valence-corrected chi connectivity index (χ3v) is 5.30. The number of methoxy groups -OCH3 is 1. The van der Waals surface area contributed by atoms with Crippen molar-refractivity contribution in [2.75, 3.05) is 7.11 Å². The van der Waals surface area contributed by atoms with E-state index in [1.165, 1.54) is 19.2 Å². The molecular formula is C15H16F4N2O7S. The van der Waals surface area contributed by atoms with Crippen LogP contribution >= 0.6 is 0 Å². The fourth-order valence-electron chi connectivity index (χ4n) is 2.27. The first-order chi connectivity index (χ1) is 13.2. The van der Waals surface area contributed by atoms with Gasteiger partial charge in [0.25, 0.3) is 0 Å². The molecule has 0 radical (unpaired) electrons. The van der Waals surface area contributed by atoms with Crippen molar-refractivity contribution in [2.24, 2.45) is 5.73 Å². The van der Waals surface area contributed by atoms with E-state index in [0.29, 0.717) is 5.56 Å². The van der Waals surface area contributed by atoms with Crippen LogP contribution in [0.25, 0.3) is 0 Å². The van der Waals surface area contributed by atoms with Gasteiger partial charge in [-0.2, -0.15) is 13.2 Å². The number of benzene rings is 1. The molecule has 0 bridgehead atoms. The van der Waals surface area contributed by atoms with Gasteiger partial charge in [-0.05, 0) is 18.1 Å². The van der Waals surface area contributed by atoms with E-state index in [1.54, 1.807) is 0 Å². The first kappa shape index (κ1) is 24.3. The molecule has 0 saturated carbocycles. The lowest BCUT2D eigenvalue weighted by Crippen LogP contribution is -2.33. The van der Waals surface area contributed by atoms with E-state index >= 15 is 0 Å². The largest absolute Gasteiger partial charge is 0.490 e. The summed E-state index contributed by atoms with van der Waals surface area (Å²) in [6.45, 7) is 0. The smallest absolute Gasteiger partial charge is 0.475 e. The Bertz CT molecular complexity index is 902. The van der Waals surface area contributed by atoms with Crippen LogP contribution in [0.5, 0.6) is 0 Å². The lowest BCUT2D eigenvalue weighted by molar-refractivity contribution is -0.192. The van der Waals surface area contributed by atoms with E-state index in [4.69, 9.17) is 15.6 Å². The Hall–Kier alpha value is -2.74. The highest BCUT2D eigenvalue weighted by Crippen LogP contribution is 2.32. The number of aliphatic carboxylic acids is 1. The quantitative estimate of drug-likeness (QED) is 0.445. The third kappa shape index (κ3) is 6.67. The number of alkyl halides is 3. The Labute approximate surface area is 161 Å². The van der Waals surface area contributed by atoms with Gasteiger partial charge in [-0.1, -0.05) is 12.1 Å². The average molecular weight is 444 g/mol. The molecule has 1 aromatic rings. The predicted molar refractivity (Wildman–Crippen MR) is 88.2 cm³/mol. The monoisotopic (exact) mass is 444 g/mol. The van der Waals surface area contributed by atoms with E-state index < -0.39 is 51.2 Å². The van der Waals surface area contributed by atoms with Crippen LogP contribution < -0.4 is 10.5 Å². The molecule has 1 aliphatic heterocycles. The van der Waals surface area contributed by atoms with Gasteiger partial charge in [0.15, 0.2) is 0 Å². The molecule has 0 unspecified atom stereocenters. The van der Waals surface area contributed by atoms with Gasteiger partial charge in [0.1, 0.15) is 17.1 Å². The van der Waals surface area contributed by atoms with Gasteiger partial charge in [0, 0.05) is 5.56 Å². The number of hydrogen-bond donors (Lipinski definition) is 3. The van der Waals surface area contributed by atoms with Crippen molar-refractivity contribution in [2.45, 2.75) is 30.3 Å². The molecule has 162 valence electrons. The zero-order valence-corrected chi connectivity index (χ0v) is 15.5. The molecule has 1 fully saturated rings. The number of hydrogen-bond acceptors (Lipinski definition) is 7. The van der Waals surface area contributed by atoms with Gasteiger partial charge in [0.05, 0.1) is 13.5 Å². The number of carboxylic acid groups (broad SMARTS) is 1.